The number of allylic oxidation sites excluding steroid dienone is 5. The number of aliphatic hydroxyl groups excluding tert-OH is 2. The monoisotopic (exact) mass is 1110 g/mol. The number of hydrogen-bond donors (Lipinski definition) is 3. The predicted octanol–water partition coefficient (Wildman–Crippen LogP) is 23.1. The lowest BCUT2D eigenvalue weighted by Crippen LogP contribution is -2.45. The molecule has 6 heteroatoms. The zero-order valence-corrected chi connectivity index (χ0v) is 53.4. The highest BCUT2D eigenvalue weighted by Gasteiger charge is 2.18. The Labute approximate surface area is 494 Å². The number of aliphatic hydroxyl groups is 2. The van der Waals surface area contributed by atoms with Crippen LogP contribution in [0.25, 0.3) is 0 Å². The van der Waals surface area contributed by atoms with Crippen LogP contribution in [0.5, 0.6) is 0 Å². The van der Waals surface area contributed by atoms with Gasteiger partial charge in [-0.15, -0.1) is 0 Å². The second-order valence-electron chi connectivity index (χ2n) is 24.6. The smallest absolute Gasteiger partial charge is 0.305 e. The highest BCUT2D eigenvalue weighted by atomic mass is 16.5. The number of ether oxygens (including phenoxy) is 1. The van der Waals surface area contributed by atoms with Crippen molar-refractivity contribution in [2.24, 2.45) is 0 Å². The molecule has 0 saturated carbocycles. The topological polar surface area (TPSA) is 95.9 Å². The van der Waals surface area contributed by atoms with Crippen molar-refractivity contribution in [2.45, 2.75) is 405 Å². The highest BCUT2D eigenvalue weighted by Crippen LogP contribution is 2.18. The van der Waals surface area contributed by atoms with Gasteiger partial charge in [-0.25, -0.2) is 0 Å². The molecule has 0 aliphatic carbocycles. The van der Waals surface area contributed by atoms with Crippen LogP contribution in [0, 0.1) is 0 Å². The molecule has 0 aliphatic heterocycles. The maximum absolute atomic E-state index is 12.5. The van der Waals surface area contributed by atoms with Crippen molar-refractivity contribution in [1.29, 1.82) is 0 Å². The lowest BCUT2D eigenvalue weighted by molar-refractivity contribution is -0.143. The molecular formula is C73H139NO5. The average molecular weight is 1110 g/mol. The van der Waals surface area contributed by atoms with Crippen molar-refractivity contribution in [3.8, 4) is 0 Å². The Morgan fingerprint density at radius 1 is 0.354 bits per heavy atom. The maximum atomic E-state index is 12.5. The largest absolute Gasteiger partial charge is 0.466 e. The number of carbonyl (C=O) groups is 2. The average Bonchev–Trinajstić information content (AvgIpc) is 3.45. The van der Waals surface area contributed by atoms with E-state index in [1.54, 1.807) is 6.08 Å². The molecule has 0 bridgehead atoms. The molecule has 3 N–H and O–H groups in total. The van der Waals surface area contributed by atoms with E-state index in [0.717, 1.165) is 44.9 Å². The van der Waals surface area contributed by atoms with Crippen molar-refractivity contribution in [3.05, 3.63) is 36.5 Å². The van der Waals surface area contributed by atoms with Crippen LogP contribution >= 0.6 is 0 Å². The molecule has 2 atom stereocenters. The van der Waals surface area contributed by atoms with Gasteiger partial charge in [0, 0.05) is 12.8 Å². The molecule has 0 fully saturated rings. The highest BCUT2D eigenvalue weighted by molar-refractivity contribution is 5.76. The Bertz CT molecular complexity index is 1280. The third kappa shape index (κ3) is 65.1. The van der Waals surface area contributed by atoms with Gasteiger partial charge in [-0.1, -0.05) is 352 Å². The molecule has 0 spiro atoms. The van der Waals surface area contributed by atoms with Crippen LogP contribution in [-0.2, 0) is 14.3 Å². The Hall–Kier alpha value is -1.92. The molecule has 1 amide bonds. The molecule has 0 aromatic carbocycles. The molecule has 0 aromatic heterocycles. The summed E-state index contributed by atoms with van der Waals surface area (Å²) in [5.41, 5.74) is 0. The molecule has 0 radical (unpaired) electrons. The van der Waals surface area contributed by atoms with Crippen LogP contribution < -0.4 is 5.32 Å². The second-order valence-corrected chi connectivity index (χ2v) is 24.6. The van der Waals surface area contributed by atoms with Gasteiger partial charge in [0.1, 0.15) is 0 Å². The summed E-state index contributed by atoms with van der Waals surface area (Å²) in [5, 5.41) is 23.3. The number of rotatable bonds is 67. The van der Waals surface area contributed by atoms with Gasteiger partial charge in [-0.05, 0) is 64.2 Å². The van der Waals surface area contributed by atoms with Crippen LogP contribution in [0.15, 0.2) is 36.5 Å². The summed E-state index contributed by atoms with van der Waals surface area (Å²) in [6.45, 7) is 4.93. The fourth-order valence-electron chi connectivity index (χ4n) is 11.2. The summed E-state index contributed by atoms with van der Waals surface area (Å²) in [7, 11) is 0. The summed E-state index contributed by atoms with van der Waals surface area (Å²) in [6, 6.07) is -0.634. The van der Waals surface area contributed by atoms with Gasteiger partial charge in [-0.2, -0.15) is 0 Å². The molecule has 0 aromatic rings. The first-order valence-electron chi connectivity index (χ1n) is 35.8. The van der Waals surface area contributed by atoms with Gasteiger partial charge in [0.2, 0.25) is 5.91 Å². The third-order valence-corrected chi connectivity index (χ3v) is 16.7. The summed E-state index contributed by atoms with van der Waals surface area (Å²) >= 11 is 0. The lowest BCUT2D eigenvalue weighted by atomic mass is 10.0. The summed E-state index contributed by atoms with van der Waals surface area (Å²) in [6.07, 6.45) is 88.0. The number of carbonyl (C=O) groups excluding carboxylic acids is 2. The second kappa shape index (κ2) is 68.6. The van der Waals surface area contributed by atoms with E-state index in [-0.39, 0.29) is 18.5 Å². The first kappa shape index (κ1) is 77.1. The number of amides is 1. The minimum atomic E-state index is -0.850. The van der Waals surface area contributed by atoms with Crippen molar-refractivity contribution in [2.75, 3.05) is 13.2 Å². The molecule has 466 valence electrons. The van der Waals surface area contributed by atoms with Crippen LogP contribution in [0.2, 0.25) is 0 Å². The summed E-state index contributed by atoms with van der Waals surface area (Å²) in [5.74, 6) is -0.0603. The van der Waals surface area contributed by atoms with Crippen LogP contribution in [0.1, 0.15) is 393 Å². The van der Waals surface area contributed by atoms with Gasteiger partial charge in [0.15, 0.2) is 0 Å². The molecule has 6 nitrogen and oxygen atoms in total. The molecule has 0 rings (SSSR count). The predicted molar refractivity (Wildman–Crippen MR) is 347 cm³/mol. The molecular weight excluding hydrogens is 971 g/mol. The molecule has 0 aliphatic rings. The van der Waals surface area contributed by atoms with E-state index in [2.05, 4.69) is 43.5 Å². The molecule has 2 unspecified atom stereocenters. The Kier molecular flexibility index (Phi) is 66.9. The number of unbranched alkanes of at least 4 members (excludes halogenated alkanes) is 52. The van der Waals surface area contributed by atoms with Gasteiger partial charge < -0.3 is 20.3 Å². The quantitative estimate of drug-likeness (QED) is 0.0320. The summed E-state index contributed by atoms with van der Waals surface area (Å²) < 4.78 is 5.47. The van der Waals surface area contributed by atoms with Gasteiger partial charge in [-0.3, -0.25) is 9.59 Å². The SMILES string of the molecule is CCCCCCCCCCCCCCCCCCCCCCCCC/C=C/C(O)C(CO)NC(=O)CCCCCCCCCCC/C=C\C/C=C\CCCCCCCCCCCOC(=O)CCCCCCCCCCCCCC. The Morgan fingerprint density at radius 3 is 0.962 bits per heavy atom. The number of hydrogen-bond acceptors (Lipinski definition) is 5. The first-order valence-corrected chi connectivity index (χ1v) is 35.8. The van der Waals surface area contributed by atoms with Crippen molar-refractivity contribution in [3.63, 3.8) is 0 Å². The minimum absolute atomic E-state index is 0.00976. The summed E-state index contributed by atoms with van der Waals surface area (Å²) in [4.78, 5) is 24.6. The fraction of sp³-hybridized carbons (Fsp3) is 0.890. The van der Waals surface area contributed by atoms with Crippen molar-refractivity contribution >= 4 is 11.9 Å². The van der Waals surface area contributed by atoms with E-state index in [1.165, 1.54) is 321 Å². The third-order valence-electron chi connectivity index (χ3n) is 16.7. The van der Waals surface area contributed by atoms with Crippen molar-refractivity contribution < 1.29 is 24.5 Å². The van der Waals surface area contributed by atoms with E-state index in [4.69, 9.17) is 4.74 Å². The molecule has 79 heavy (non-hydrogen) atoms. The van der Waals surface area contributed by atoms with E-state index in [9.17, 15) is 19.8 Å². The Morgan fingerprint density at radius 2 is 0.633 bits per heavy atom. The fourth-order valence-corrected chi connectivity index (χ4v) is 11.2. The zero-order chi connectivity index (χ0) is 57.1. The zero-order valence-electron chi connectivity index (χ0n) is 53.4. The first-order chi connectivity index (χ1) is 39.0. The van der Waals surface area contributed by atoms with E-state index >= 15 is 0 Å². The maximum Gasteiger partial charge on any atom is 0.305 e. The van der Waals surface area contributed by atoms with Gasteiger partial charge >= 0.3 is 5.97 Å². The van der Waals surface area contributed by atoms with Gasteiger partial charge in [0.05, 0.1) is 25.4 Å². The van der Waals surface area contributed by atoms with Crippen LogP contribution in [-0.4, -0.2) is 47.4 Å². The van der Waals surface area contributed by atoms with E-state index in [1.807, 2.05) is 6.08 Å². The van der Waals surface area contributed by atoms with Crippen LogP contribution in [0.4, 0.5) is 0 Å². The van der Waals surface area contributed by atoms with E-state index < -0.39 is 12.1 Å². The van der Waals surface area contributed by atoms with Gasteiger partial charge in [0.25, 0.3) is 0 Å². The van der Waals surface area contributed by atoms with Crippen LogP contribution in [0.3, 0.4) is 0 Å². The normalized spacial score (nSPS) is 12.7. The molecule has 0 heterocycles. The lowest BCUT2D eigenvalue weighted by Gasteiger charge is -2.20. The number of esters is 1. The standard InChI is InChI=1S/C73H139NO5/c1-3-5-7-9-11-13-15-17-18-19-20-21-22-24-27-30-33-36-39-42-45-49-53-57-61-65-71(76)70(69-75)74-72(77)66-62-58-54-50-46-43-40-37-34-31-28-25-23-26-29-32-35-38-41-44-48-52-56-60-64-68-79-73(78)67-63-59-55-51-47-16-14-12-10-8-6-4-2/h25-26,28-29,61,65,70-71,75-76H,3-24,27,30-60,62-64,66-69H2,1-2H3,(H,74,77)/b28-25-,29-26-,65-61+. The van der Waals surface area contributed by atoms with E-state index in [0.29, 0.717) is 19.4 Å². The van der Waals surface area contributed by atoms with Crippen molar-refractivity contribution in [1.82, 2.24) is 5.32 Å². The number of nitrogens with one attached hydrogen (secondary N) is 1. The molecule has 0 saturated heterocycles. The Balaban J connectivity index is 3.46. The minimum Gasteiger partial charge on any atom is -0.466 e.